The molecule has 3 heteroatoms. The van der Waals surface area contributed by atoms with Crippen LogP contribution in [0.3, 0.4) is 0 Å². The lowest BCUT2D eigenvalue weighted by atomic mass is 9.78. The molecule has 0 spiro atoms. The quantitative estimate of drug-likeness (QED) is 0.811. The number of piperidine rings is 1. The zero-order valence-corrected chi connectivity index (χ0v) is 14.5. The Hall–Kier alpha value is -0.900. The lowest BCUT2D eigenvalue weighted by Crippen LogP contribution is -2.54. The van der Waals surface area contributed by atoms with Gasteiger partial charge in [-0.2, -0.15) is 0 Å². The van der Waals surface area contributed by atoms with Crippen LogP contribution in [0.5, 0.6) is 0 Å². The van der Waals surface area contributed by atoms with E-state index in [0.717, 1.165) is 25.4 Å². The fourth-order valence-corrected chi connectivity index (χ4v) is 4.19. The van der Waals surface area contributed by atoms with Crippen LogP contribution in [-0.2, 0) is 6.54 Å². The molecule has 1 aromatic rings. The summed E-state index contributed by atoms with van der Waals surface area (Å²) in [4.78, 5) is 2.69. The lowest BCUT2D eigenvalue weighted by molar-refractivity contribution is 0.0446. The summed E-state index contributed by atoms with van der Waals surface area (Å²) in [6.45, 7) is 6.01. The molecule has 0 aromatic heterocycles. The van der Waals surface area contributed by atoms with E-state index in [2.05, 4.69) is 47.5 Å². The standard InChI is InChI=1S/C20H32N2O/c1-16(19-8-5-9-19)22-14-18(10-11-23)12-20(15-22)21-13-17-6-3-2-4-7-17/h2-4,6-7,16,18-21,23H,5,8-15H2,1H3. The summed E-state index contributed by atoms with van der Waals surface area (Å²) in [5.74, 6) is 1.53. The second-order valence-corrected chi connectivity index (χ2v) is 7.56. The van der Waals surface area contributed by atoms with Gasteiger partial charge in [0.1, 0.15) is 0 Å². The van der Waals surface area contributed by atoms with Crippen molar-refractivity contribution in [1.82, 2.24) is 10.2 Å². The molecule has 1 saturated heterocycles. The largest absolute Gasteiger partial charge is 0.396 e. The molecule has 1 aliphatic carbocycles. The van der Waals surface area contributed by atoms with Gasteiger partial charge in [0.25, 0.3) is 0 Å². The van der Waals surface area contributed by atoms with Crippen LogP contribution >= 0.6 is 0 Å². The smallest absolute Gasteiger partial charge is 0.0434 e. The number of benzene rings is 1. The van der Waals surface area contributed by atoms with Gasteiger partial charge in [0.05, 0.1) is 0 Å². The van der Waals surface area contributed by atoms with E-state index in [1.165, 1.54) is 37.8 Å². The number of hydrogen-bond donors (Lipinski definition) is 2. The number of likely N-dealkylation sites (tertiary alicyclic amines) is 1. The van der Waals surface area contributed by atoms with Gasteiger partial charge < -0.3 is 10.4 Å². The Balaban J connectivity index is 1.57. The molecule has 3 nitrogen and oxygen atoms in total. The minimum atomic E-state index is 0.321. The third-order valence-electron chi connectivity index (χ3n) is 5.95. The summed E-state index contributed by atoms with van der Waals surface area (Å²) in [5, 5.41) is 13.1. The lowest BCUT2D eigenvalue weighted by Gasteiger charge is -2.45. The Bertz CT molecular complexity index is 460. The SMILES string of the molecule is CC(C1CCC1)N1CC(CCO)CC(NCc2ccccc2)C1. The number of aliphatic hydroxyl groups is 1. The number of nitrogens with zero attached hydrogens (tertiary/aromatic N) is 1. The first-order valence-electron chi connectivity index (χ1n) is 9.38. The van der Waals surface area contributed by atoms with Gasteiger partial charge in [0, 0.05) is 38.3 Å². The van der Waals surface area contributed by atoms with E-state index in [0.29, 0.717) is 24.6 Å². The van der Waals surface area contributed by atoms with Gasteiger partial charge in [-0.25, -0.2) is 0 Å². The van der Waals surface area contributed by atoms with Crippen LogP contribution in [0.4, 0.5) is 0 Å². The highest BCUT2D eigenvalue weighted by Gasteiger charge is 2.34. The van der Waals surface area contributed by atoms with Crippen LogP contribution in [0.1, 0.15) is 44.6 Å². The molecule has 3 atom stereocenters. The molecule has 0 amide bonds. The molecule has 0 bridgehead atoms. The minimum absolute atomic E-state index is 0.321. The summed E-state index contributed by atoms with van der Waals surface area (Å²) >= 11 is 0. The van der Waals surface area contributed by atoms with Crippen molar-refractivity contribution >= 4 is 0 Å². The number of rotatable bonds is 7. The predicted molar refractivity (Wildman–Crippen MR) is 95.3 cm³/mol. The van der Waals surface area contributed by atoms with Gasteiger partial charge in [-0.1, -0.05) is 36.8 Å². The first kappa shape index (κ1) is 16.9. The van der Waals surface area contributed by atoms with Crippen molar-refractivity contribution in [3.63, 3.8) is 0 Å². The third kappa shape index (κ3) is 4.56. The van der Waals surface area contributed by atoms with Crippen molar-refractivity contribution in [2.75, 3.05) is 19.7 Å². The van der Waals surface area contributed by atoms with E-state index in [9.17, 15) is 5.11 Å². The van der Waals surface area contributed by atoms with Gasteiger partial charge in [-0.15, -0.1) is 0 Å². The van der Waals surface area contributed by atoms with Crippen molar-refractivity contribution in [2.24, 2.45) is 11.8 Å². The molecular formula is C20H32N2O. The van der Waals surface area contributed by atoms with E-state index in [1.54, 1.807) is 0 Å². The molecule has 128 valence electrons. The van der Waals surface area contributed by atoms with E-state index >= 15 is 0 Å². The van der Waals surface area contributed by atoms with Gasteiger partial charge >= 0.3 is 0 Å². The van der Waals surface area contributed by atoms with E-state index in [-0.39, 0.29) is 0 Å². The highest BCUT2D eigenvalue weighted by molar-refractivity contribution is 5.14. The van der Waals surface area contributed by atoms with Crippen molar-refractivity contribution in [2.45, 2.75) is 57.7 Å². The molecule has 0 radical (unpaired) electrons. The molecule has 1 heterocycles. The van der Waals surface area contributed by atoms with E-state index < -0.39 is 0 Å². The predicted octanol–water partition coefficient (Wildman–Crippen LogP) is 3.04. The first-order valence-corrected chi connectivity index (χ1v) is 9.38. The Morgan fingerprint density at radius 2 is 2.00 bits per heavy atom. The van der Waals surface area contributed by atoms with Crippen molar-refractivity contribution in [1.29, 1.82) is 0 Å². The van der Waals surface area contributed by atoms with Gasteiger partial charge in [-0.05, 0) is 50.0 Å². The zero-order chi connectivity index (χ0) is 16.1. The van der Waals surface area contributed by atoms with E-state index in [4.69, 9.17) is 0 Å². The molecule has 1 aliphatic heterocycles. The molecule has 2 N–H and O–H groups in total. The van der Waals surface area contributed by atoms with Crippen LogP contribution < -0.4 is 5.32 Å². The Kier molecular flexibility index (Phi) is 6.09. The average molecular weight is 316 g/mol. The summed E-state index contributed by atoms with van der Waals surface area (Å²) in [6.07, 6.45) is 6.37. The second kappa shape index (κ2) is 8.27. The third-order valence-corrected chi connectivity index (χ3v) is 5.95. The maximum absolute atomic E-state index is 9.37. The monoisotopic (exact) mass is 316 g/mol. The zero-order valence-electron chi connectivity index (χ0n) is 14.5. The second-order valence-electron chi connectivity index (χ2n) is 7.56. The van der Waals surface area contributed by atoms with Crippen LogP contribution in [0, 0.1) is 11.8 Å². The van der Waals surface area contributed by atoms with Crippen molar-refractivity contribution < 1.29 is 5.11 Å². The van der Waals surface area contributed by atoms with Crippen LogP contribution in [0.2, 0.25) is 0 Å². The van der Waals surface area contributed by atoms with Gasteiger partial charge in [-0.3, -0.25) is 4.90 Å². The van der Waals surface area contributed by atoms with Crippen molar-refractivity contribution in [3.05, 3.63) is 35.9 Å². The van der Waals surface area contributed by atoms with Gasteiger partial charge in [0.2, 0.25) is 0 Å². The normalized spacial score (nSPS) is 27.6. The highest BCUT2D eigenvalue weighted by Crippen LogP contribution is 2.34. The Morgan fingerprint density at radius 1 is 1.22 bits per heavy atom. The van der Waals surface area contributed by atoms with Crippen LogP contribution in [0.15, 0.2) is 30.3 Å². The first-order chi connectivity index (χ1) is 11.3. The molecule has 1 aromatic carbocycles. The molecular weight excluding hydrogens is 284 g/mol. The molecule has 3 rings (SSSR count). The Labute approximate surface area is 141 Å². The summed E-state index contributed by atoms with van der Waals surface area (Å²) < 4.78 is 0. The van der Waals surface area contributed by atoms with Crippen LogP contribution in [-0.4, -0.2) is 41.8 Å². The summed E-state index contributed by atoms with van der Waals surface area (Å²) in [7, 11) is 0. The maximum Gasteiger partial charge on any atom is 0.0434 e. The summed E-state index contributed by atoms with van der Waals surface area (Å²) in [6, 6.07) is 11.9. The van der Waals surface area contributed by atoms with Crippen molar-refractivity contribution in [3.8, 4) is 0 Å². The topological polar surface area (TPSA) is 35.5 Å². The highest BCUT2D eigenvalue weighted by atomic mass is 16.3. The molecule has 3 unspecified atom stereocenters. The van der Waals surface area contributed by atoms with Crippen LogP contribution in [0.25, 0.3) is 0 Å². The summed E-state index contributed by atoms with van der Waals surface area (Å²) in [5.41, 5.74) is 1.36. The minimum Gasteiger partial charge on any atom is -0.396 e. The molecule has 2 aliphatic rings. The van der Waals surface area contributed by atoms with E-state index in [1.807, 2.05) is 0 Å². The average Bonchev–Trinajstić information content (AvgIpc) is 2.52. The maximum atomic E-state index is 9.37. The fraction of sp³-hybridized carbons (Fsp3) is 0.700. The molecule has 1 saturated carbocycles. The number of hydrogen-bond acceptors (Lipinski definition) is 3. The van der Waals surface area contributed by atoms with Gasteiger partial charge in [0.15, 0.2) is 0 Å². The molecule has 2 fully saturated rings. The number of aliphatic hydroxyl groups excluding tert-OH is 1. The molecule has 23 heavy (non-hydrogen) atoms. The fourth-order valence-electron chi connectivity index (χ4n) is 4.19. The Morgan fingerprint density at radius 3 is 2.65 bits per heavy atom. The number of nitrogens with one attached hydrogen (secondary N) is 1.